The first-order valence-corrected chi connectivity index (χ1v) is 8.31. The van der Waals surface area contributed by atoms with Gasteiger partial charge in [0, 0.05) is 32.7 Å². The van der Waals surface area contributed by atoms with E-state index in [0.29, 0.717) is 0 Å². The Bertz CT molecular complexity index is 536. The van der Waals surface area contributed by atoms with Gasteiger partial charge in [-0.05, 0) is 43.9 Å². The highest BCUT2D eigenvalue weighted by Gasteiger charge is 2.38. The Morgan fingerprint density at radius 1 is 1.14 bits per heavy atom. The van der Waals surface area contributed by atoms with Crippen molar-refractivity contribution in [1.29, 1.82) is 0 Å². The second-order valence-corrected chi connectivity index (χ2v) is 6.68. The van der Waals surface area contributed by atoms with Crippen molar-refractivity contribution in [2.45, 2.75) is 31.2 Å². The lowest BCUT2D eigenvalue weighted by Crippen LogP contribution is -2.45. The van der Waals surface area contributed by atoms with Gasteiger partial charge in [0.05, 0.1) is 5.54 Å². The monoisotopic (exact) mass is 299 g/mol. The molecule has 0 aromatic heterocycles. The van der Waals surface area contributed by atoms with Gasteiger partial charge < -0.3 is 9.80 Å². The van der Waals surface area contributed by atoms with Crippen LogP contribution in [0.1, 0.15) is 30.4 Å². The lowest BCUT2D eigenvalue weighted by Gasteiger charge is -2.37. The maximum Gasteiger partial charge on any atom is 0.235 e. The quantitative estimate of drug-likeness (QED) is 0.618. The van der Waals surface area contributed by atoms with E-state index in [-0.39, 0.29) is 5.54 Å². The van der Waals surface area contributed by atoms with Crippen molar-refractivity contribution in [3.63, 3.8) is 0 Å². The van der Waals surface area contributed by atoms with E-state index < -0.39 is 0 Å². The Hall–Kier alpha value is -1.48. The molecule has 2 aliphatic rings. The predicted molar refractivity (Wildman–Crippen MR) is 87.7 cm³/mol. The fourth-order valence-electron chi connectivity index (χ4n) is 3.40. The first kappa shape index (κ1) is 15.4. The molecule has 1 aliphatic heterocycles. The zero-order chi connectivity index (χ0) is 15.4. The normalized spacial score (nSPS) is 21.9. The maximum absolute atomic E-state index is 10.7. The molecule has 0 N–H and O–H groups in total. The number of carbonyl (C=O) groups excluding carboxylic acids is 1. The highest BCUT2D eigenvalue weighted by molar-refractivity contribution is 5.40. The number of isocyanates is 1. The van der Waals surface area contributed by atoms with Crippen LogP contribution in [0.4, 0.5) is 0 Å². The molecular formula is C18H25N3O. The molecule has 2 fully saturated rings. The molecule has 4 heteroatoms. The summed E-state index contributed by atoms with van der Waals surface area (Å²) in [5.74, 6) is 0. The van der Waals surface area contributed by atoms with Gasteiger partial charge in [0.15, 0.2) is 0 Å². The molecule has 0 amide bonds. The van der Waals surface area contributed by atoms with E-state index in [1.54, 1.807) is 6.08 Å². The van der Waals surface area contributed by atoms with Gasteiger partial charge >= 0.3 is 0 Å². The van der Waals surface area contributed by atoms with E-state index in [9.17, 15) is 4.79 Å². The van der Waals surface area contributed by atoms with Crippen LogP contribution in [0.5, 0.6) is 0 Å². The fraction of sp³-hybridized carbons (Fsp3) is 0.611. The number of aliphatic imine (C=N–C) groups is 1. The zero-order valence-electron chi connectivity index (χ0n) is 13.4. The molecule has 0 spiro atoms. The number of benzene rings is 1. The zero-order valence-corrected chi connectivity index (χ0v) is 13.4. The third kappa shape index (κ3) is 3.30. The average Bonchev–Trinajstić information content (AvgIpc) is 2.51. The van der Waals surface area contributed by atoms with Crippen molar-refractivity contribution in [1.82, 2.24) is 9.80 Å². The SMILES string of the molecule is CN1CCN(CCc2ccc(C3(N=C=O)CCC3)cc2)CC1. The molecule has 1 aromatic carbocycles. The molecule has 0 unspecified atom stereocenters. The van der Waals surface area contributed by atoms with Gasteiger partial charge in [-0.25, -0.2) is 4.79 Å². The van der Waals surface area contributed by atoms with Crippen LogP contribution in [-0.4, -0.2) is 55.7 Å². The number of likely N-dealkylation sites (N-methyl/N-ethyl adjacent to an activating group) is 1. The van der Waals surface area contributed by atoms with Gasteiger partial charge in [-0.1, -0.05) is 24.3 Å². The van der Waals surface area contributed by atoms with Crippen LogP contribution in [0.3, 0.4) is 0 Å². The molecule has 1 saturated carbocycles. The van der Waals surface area contributed by atoms with E-state index in [1.807, 2.05) is 0 Å². The number of hydrogen-bond donors (Lipinski definition) is 0. The highest BCUT2D eigenvalue weighted by atomic mass is 16.1. The Morgan fingerprint density at radius 2 is 1.82 bits per heavy atom. The van der Waals surface area contributed by atoms with Gasteiger partial charge in [-0.15, -0.1) is 0 Å². The Balaban J connectivity index is 1.56. The predicted octanol–water partition coefficient (Wildman–Crippen LogP) is 2.19. The summed E-state index contributed by atoms with van der Waals surface area (Å²) in [6, 6.07) is 8.70. The summed E-state index contributed by atoms with van der Waals surface area (Å²) >= 11 is 0. The van der Waals surface area contributed by atoms with Gasteiger partial charge in [0.2, 0.25) is 6.08 Å². The molecule has 3 rings (SSSR count). The van der Waals surface area contributed by atoms with Crippen LogP contribution in [0.25, 0.3) is 0 Å². The lowest BCUT2D eigenvalue weighted by molar-refractivity contribution is 0.155. The van der Waals surface area contributed by atoms with E-state index >= 15 is 0 Å². The summed E-state index contributed by atoms with van der Waals surface area (Å²) in [7, 11) is 2.19. The third-order valence-corrected chi connectivity index (χ3v) is 5.24. The number of nitrogens with zero attached hydrogens (tertiary/aromatic N) is 3. The molecule has 0 atom stereocenters. The summed E-state index contributed by atoms with van der Waals surface area (Å²) in [5, 5.41) is 0. The minimum absolute atomic E-state index is 0.266. The topological polar surface area (TPSA) is 35.9 Å². The molecule has 0 bridgehead atoms. The number of rotatable bonds is 5. The molecule has 1 heterocycles. The minimum atomic E-state index is -0.266. The van der Waals surface area contributed by atoms with Crippen molar-refractivity contribution >= 4 is 6.08 Å². The second-order valence-electron chi connectivity index (χ2n) is 6.68. The van der Waals surface area contributed by atoms with Crippen LogP contribution in [0.2, 0.25) is 0 Å². The first-order chi connectivity index (χ1) is 10.7. The van der Waals surface area contributed by atoms with E-state index in [0.717, 1.165) is 32.2 Å². The van der Waals surface area contributed by atoms with Crippen molar-refractivity contribution in [3.8, 4) is 0 Å². The Morgan fingerprint density at radius 3 is 2.36 bits per heavy atom. The van der Waals surface area contributed by atoms with Gasteiger partial charge in [-0.3, -0.25) is 0 Å². The van der Waals surface area contributed by atoms with Crippen molar-refractivity contribution in [2.24, 2.45) is 4.99 Å². The summed E-state index contributed by atoms with van der Waals surface area (Å²) < 4.78 is 0. The number of piperazine rings is 1. The van der Waals surface area contributed by atoms with Crippen LogP contribution in [-0.2, 0) is 16.8 Å². The van der Waals surface area contributed by atoms with Crippen molar-refractivity contribution < 1.29 is 4.79 Å². The standard InChI is InChI=1S/C18H25N3O/c1-20-11-13-21(14-12-20)10-7-16-3-5-17(6-4-16)18(19-15-22)8-2-9-18/h3-6H,2,7-14H2,1H3. The molecule has 4 nitrogen and oxygen atoms in total. The average molecular weight is 299 g/mol. The van der Waals surface area contributed by atoms with E-state index in [4.69, 9.17) is 0 Å². The summed E-state index contributed by atoms with van der Waals surface area (Å²) in [4.78, 5) is 19.6. The van der Waals surface area contributed by atoms with Crippen LogP contribution < -0.4 is 0 Å². The minimum Gasteiger partial charge on any atom is -0.304 e. The van der Waals surface area contributed by atoms with Crippen molar-refractivity contribution in [2.75, 3.05) is 39.8 Å². The molecule has 118 valence electrons. The maximum atomic E-state index is 10.7. The Kier molecular flexibility index (Phi) is 4.72. The summed E-state index contributed by atoms with van der Waals surface area (Å²) in [6.07, 6.45) is 5.95. The first-order valence-electron chi connectivity index (χ1n) is 8.31. The van der Waals surface area contributed by atoms with Gasteiger partial charge in [-0.2, -0.15) is 4.99 Å². The largest absolute Gasteiger partial charge is 0.304 e. The second kappa shape index (κ2) is 6.74. The molecular weight excluding hydrogens is 274 g/mol. The molecule has 1 aliphatic carbocycles. The number of hydrogen-bond acceptors (Lipinski definition) is 4. The molecule has 22 heavy (non-hydrogen) atoms. The van der Waals surface area contributed by atoms with Crippen LogP contribution in [0.15, 0.2) is 29.3 Å². The lowest BCUT2D eigenvalue weighted by atomic mass is 9.72. The summed E-state index contributed by atoms with van der Waals surface area (Å²) in [6.45, 7) is 5.82. The molecule has 1 aromatic rings. The van der Waals surface area contributed by atoms with E-state index in [2.05, 4.69) is 46.1 Å². The summed E-state index contributed by atoms with van der Waals surface area (Å²) in [5.41, 5.74) is 2.27. The molecule has 0 radical (unpaired) electrons. The van der Waals surface area contributed by atoms with Crippen LogP contribution >= 0.6 is 0 Å². The van der Waals surface area contributed by atoms with Gasteiger partial charge in [0.25, 0.3) is 0 Å². The van der Waals surface area contributed by atoms with E-state index in [1.165, 1.54) is 37.3 Å². The smallest absolute Gasteiger partial charge is 0.235 e. The Labute approximate surface area is 132 Å². The van der Waals surface area contributed by atoms with Crippen molar-refractivity contribution in [3.05, 3.63) is 35.4 Å². The van der Waals surface area contributed by atoms with Crippen LogP contribution in [0, 0.1) is 0 Å². The third-order valence-electron chi connectivity index (χ3n) is 5.24. The molecule has 1 saturated heterocycles. The van der Waals surface area contributed by atoms with Gasteiger partial charge in [0.1, 0.15) is 0 Å². The highest BCUT2D eigenvalue weighted by Crippen LogP contribution is 2.44. The fourth-order valence-corrected chi connectivity index (χ4v) is 3.40.